The standard InChI is InChI=1S/C52H34N2O/c1-2-13-36-32-38(25-24-35(36)12-1)37-14-11-15-42(33-37)53(40-27-29-41(30-28-40)54-49-21-8-4-17-44(49)45-18-5-9-22-50(45)54)48-20-7-3-16-43(48)39-26-31-52-47(34-39)46-19-6-10-23-51(46)55-52/h1-34H. The quantitative estimate of drug-likeness (QED) is 0.172. The van der Waals surface area contributed by atoms with Crippen molar-refractivity contribution in [1.29, 1.82) is 0 Å². The first kappa shape index (κ1) is 31.2. The minimum absolute atomic E-state index is 0.892. The maximum Gasteiger partial charge on any atom is 0.135 e. The zero-order valence-corrected chi connectivity index (χ0v) is 29.9. The molecule has 0 saturated carbocycles. The van der Waals surface area contributed by atoms with Gasteiger partial charge in [0.25, 0.3) is 0 Å². The van der Waals surface area contributed by atoms with Gasteiger partial charge in [-0.05, 0) is 106 Å². The largest absolute Gasteiger partial charge is 0.456 e. The van der Waals surface area contributed by atoms with Crippen molar-refractivity contribution in [2.75, 3.05) is 4.90 Å². The van der Waals surface area contributed by atoms with Crippen LogP contribution in [0.1, 0.15) is 0 Å². The van der Waals surface area contributed by atoms with Crippen molar-refractivity contribution in [2.45, 2.75) is 0 Å². The van der Waals surface area contributed by atoms with Crippen LogP contribution in [-0.2, 0) is 0 Å². The van der Waals surface area contributed by atoms with Gasteiger partial charge in [0, 0.05) is 44.2 Å². The lowest BCUT2D eigenvalue weighted by molar-refractivity contribution is 0.669. The van der Waals surface area contributed by atoms with E-state index in [1.807, 2.05) is 12.1 Å². The maximum atomic E-state index is 6.22. The van der Waals surface area contributed by atoms with E-state index in [1.54, 1.807) is 0 Å². The molecule has 0 aliphatic rings. The van der Waals surface area contributed by atoms with Crippen LogP contribution in [-0.4, -0.2) is 4.57 Å². The van der Waals surface area contributed by atoms with Crippen LogP contribution >= 0.6 is 0 Å². The maximum absolute atomic E-state index is 6.22. The van der Waals surface area contributed by atoms with Crippen LogP contribution in [0.3, 0.4) is 0 Å². The predicted molar refractivity (Wildman–Crippen MR) is 231 cm³/mol. The first-order valence-corrected chi connectivity index (χ1v) is 18.8. The van der Waals surface area contributed by atoms with Crippen molar-refractivity contribution in [3.8, 4) is 27.9 Å². The minimum atomic E-state index is 0.892. The second-order valence-corrected chi connectivity index (χ2v) is 14.2. The van der Waals surface area contributed by atoms with Crippen LogP contribution in [0.15, 0.2) is 211 Å². The smallest absolute Gasteiger partial charge is 0.135 e. The number of benzene rings is 9. The molecule has 0 radical (unpaired) electrons. The first-order chi connectivity index (χ1) is 27.3. The fraction of sp³-hybridized carbons (Fsp3) is 0. The molecule has 0 N–H and O–H groups in total. The van der Waals surface area contributed by atoms with Gasteiger partial charge in [-0.1, -0.05) is 127 Å². The Hall–Kier alpha value is -7.36. The molecule has 0 atom stereocenters. The molecule has 258 valence electrons. The Kier molecular flexibility index (Phi) is 7.17. The highest BCUT2D eigenvalue weighted by molar-refractivity contribution is 6.09. The number of aromatic nitrogens is 1. The van der Waals surface area contributed by atoms with Crippen LogP contribution in [0.25, 0.3) is 82.5 Å². The summed E-state index contributed by atoms with van der Waals surface area (Å²) in [6.45, 7) is 0. The van der Waals surface area contributed by atoms with E-state index in [-0.39, 0.29) is 0 Å². The molecule has 0 saturated heterocycles. The Bertz CT molecular complexity index is 3170. The van der Waals surface area contributed by atoms with E-state index in [9.17, 15) is 0 Å². The van der Waals surface area contributed by atoms with Gasteiger partial charge in [0.05, 0.1) is 16.7 Å². The third-order valence-electron chi connectivity index (χ3n) is 11.0. The molecule has 0 fully saturated rings. The second-order valence-electron chi connectivity index (χ2n) is 14.2. The van der Waals surface area contributed by atoms with Crippen molar-refractivity contribution in [1.82, 2.24) is 4.57 Å². The van der Waals surface area contributed by atoms with Gasteiger partial charge < -0.3 is 13.9 Å². The van der Waals surface area contributed by atoms with Crippen molar-refractivity contribution in [2.24, 2.45) is 0 Å². The number of hydrogen-bond donors (Lipinski definition) is 0. The second kappa shape index (κ2) is 12.6. The fourth-order valence-corrected chi connectivity index (χ4v) is 8.38. The molecule has 0 spiro atoms. The van der Waals surface area contributed by atoms with Gasteiger partial charge in [0.1, 0.15) is 11.2 Å². The monoisotopic (exact) mass is 702 g/mol. The minimum Gasteiger partial charge on any atom is -0.456 e. The molecule has 0 unspecified atom stereocenters. The van der Waals surface area contributed by atoms with Crippen LogP contribution in [0, 0.1) is 0 Å². The number of para-hydroxylation sites is 4. The first-order valence-electron chi connectivity index (χ1n) is 18.8. The van der Waals surface area contributed by atoms with E-state index >= 15 is 0 Å². The molecule has 3 nitrogen and oxygen atoms in total. The summed E-state index contributed by atoms with van der Waals surface area (Å²) in [5.41, 5.74) is 13.2. The Morgan fingerprint density at radius 1 is 0.364 bits per heavy atom. The van der Waals surface area contributed by atoms with Gasteiger partial charge in [-0.3, -0.25) is 0 Å². The van der Waals surface area contributed by atoms with Gasteiger partial charge in [0.15, 0.2) is 0 Å². The Labute approximate surface area is 318 Å². The van der Waals surface area contributed by atoms with Crippen molar-refractivity contribution in [3.63, 3.8) is 0 Å². The molecule has 2 heterocycles. The number of anilines is 3. The van der Waals surface area contributed by atoms with E-state index in [1.165, 1.54) is 43.7 Å². The Morgan fingerprint density at radius 2 is 1.00 bits per heavy atom. The topological polar surface area (TPSA) is 21.3 Å². The van der Waals surface area contributed by atoms with Crippen molar-refractivity contribution in [3.05, 3.63) is 206 Å². The molecule has 11 aromatic rings. The molecule has 0 bridgehead atoms. The van der Waals surface area contributed by atoms with Gasteiger partial charge in [-0.2, -0.15) is 0 Å². The lowest BCUT2D eigenvalue weighted by Crippen LogP contribution is -2.11. The number of nitrogens with zero attached hydrogens (tertiary/aromatic N) is 2. The highest BCUT2D eigenvalue weighted by atomic mass is 16.3. The third-order valence-corrected chi connectivity index (χ3v) is 11.0. The molecule has 0 aliphatic heterocycles. The number of rotatable bonds is 6. The van der Waals surface area contributed by atoms with Gasteiger partial charge in [-0.25, -0.2) is 0 Å². The number of hydrogen-bond acceptors (Lipinski definition) is 2. The van der Waals surface area contributed by atoms with Gasteiger partial charge in [0.2, 0.25) is 0 Å². The van der Waals surface area contributed by atoms with Crippen LogP contribution in [0.5, 0.6) is 0 Å². The Morgan fingerprint density at radius 3 is 1.82 bits per heavy atom. The number of furan rings is 1. The van der Waals surface area contributed by atoms with E-state index in [2.05, 4.69) is 204 Å². The summed E-state index contributed by atoms with van der Waals surface area (Å²) in [7, 11) is 0. The summed E-state index contributed by atoms with van der Waals surface area (Å²) < 4.78 is 8.60. The molecule has 9 aromatic carbocycles. The molecule has 2 aromatic heterocycles. The van der Waals surface area contributed by atoms with E-state index < -0.39 is 0 Å². The summed E-state index contributed by atoms with van der Waals surface area (Å²) in [5, 5.41) is 7.22. The van der Waals surface area contributed by atoms with Gasteiger partial charge >= 0.3 is 0 Å². The van der Waals surface area contributed by atoms with Crippen molar-refractivity contribution >= 4 is 71.6 Å². The van der Waals surface area contributed by atoms with E-state index in [0.717, 1.165) is 55.8 Å². The lowest BCUT2D eigenvalue weighted by Gasteiger charge is -2.28. The van der Waals surface area contributed by atoms with Crippen LogP contribution in [0.2, 0.25) is 0 Å². The summed E-state index contributed by atoms with van der Waals surface area (Å²) in [6, 6.07) is 74.1. The third kappa shape index (κ3) is 5.20. The van der Waals surface area contributed by atoms with E-state index in [4.69, 9.17) is 4.42 Å². The molecule has 11 rings (SSSR count). The molecule has 0 amide bonds. The normalized spacial score (nSPS) is 11.6. The zero-order valence-electron chi connectivity index (χ0n) is 29.9. The predicted octanol–water partition coefficient (Wildman–Crippen LogP) is 14.6. The van der Waals surface area contributed by atoms with Crippen LogP contribution < -0.4 is 4.90 Å². The van der Waals surface area contributed by atoms with Crippen molar-refractivity contribution < 1.29 is 4.42 Å². The van der Waals surface area contributed by atoms with Gasteiger partial charge in [-0.15, -0.1) is 0 Å². The highest BCUT2D eigenvalue weighted by Gasteiger charge is 2.20. The molecule has 0 aliphatic carbocycles. The highest BCUT2D eigenvalue weighted by Crippen LogP contribution is 2.44. The lowest BCUT2D eigenvalue weighted by atomic mass is 9.98. The summed E-state index contributed by atoms with van der Waals surface area (Å²) in [4.78, 5) is 2.40. The summed E-state index contributed by atoms with van der Waals surface area (Å²) in [6.07, 6.45) is 0. The molecule has 3 heteroatoms. The Balaban J connectivity index is 1.09. The fourth-order valence-electron chi connectivity index (χ4n) is 8.38. The average Bonchev–Trinajstić information content (AvgIpc) is 3.80. The molecular formula is C52H34N2O. The molecular weight excluding hydrogens is 669 g/mol. The average molecular weight is 703 g/mol. The summed E-state index contributed by atoms with van der Waals surface area (Å²) >= 11 is 0. The molecule has 55 heavy (non-hydrogen) atoms. The van der Waals surface area contributed by atoms with E-state index in [0.29, 0.717) is 0 Å². The van der Waals surface area contributed by atoms with Crippen LogP contribution in [0.4, 0.5) is 17.1 Å². The summed E-state index contributed by atoms with van der Waals surface area (Å²) in [5.74, 6) is 0. The zero-order chi connectivity index (χ0) is 36.3. The SMILES string of the molecule is c1cc(-c2ccc3ccccc3c2)cc(N(c2ccc(-n3c4ccccc4c4ccccc43)cc2)c2ccccc2-c2ccc3oc4ccccc4c3c2)c1. The number of fused-ring (bicyclic) bond motifs is 7.